The minimum atomic E-state index is 0.566. The van der Waals surface area contributed by atoms with E-state index < -0.39 is 0 Å². The van der Waals surface area contributed by atoms with Gasteiger partial charge in [0.25, 0.3) is 0 Å². The van der Waals surface area contributed by atoms with Crippen LogP contribution in [0.2, 0.25) is 0 Å². The largest absolute Gasteiger partial charge is 0.497 e. The lowest BCUT2D eigenvalue weighted by molar-refractivity contribution is 0.415. The Bertz CT molecular complexity index is 543. The van der Waals surface area contributed by atoms with Crippen LogP contribution in [-0.4, -0.2) is 12.1 Å². The number of nitrogens with zero attached hydrogens (tertiary/aromatic N) is 2. The zero-order valence-corrected chi connectivity index (χ0v) is 9.34. The van der Waals surface area contributed by atoms with Crippen molar-refractivity contribution in [3.05, 3.63) is 48.3 Å². The molecule has 0 atom stereocenters. The highest BCUT2D eigenvalue weighted by molar-refractivity contribution is 5.65. The van der Waals surface area contributed by atoms with E-state index in [1.165, 1.54) is 0 Å². The van der Waals surface area contributed by atoms with Gasteiger partial charge in [-0.3, -0.25) is 4.98 Å². The first-order valence-corrected chi connectivity index (χ1v) is 5.08. The van der Waals surface area contributed by atoms with Gasteiger partial charge in [-0.1, -0.05) is 0 Å². The van der Waals surface area contributed by atoms with Crippen molar-refractivity contribution in [3.8, 4) is 11.8 Å². The number of ether oxygens (including phenoxy) is 1. The van der Waals surface area contributed by atoms with E-state index >= 15 is 0 Å². The third kappa shape index (κ3) is 2.52. The number of nitriles is 1. The lowest BCUT2D eigenvalue weighted by Crippen LogP contribution is -1.94. The van der Waals surface area contributed by atoms with Gasteiger partial charge in [0.2, 0.25) is 0 Å². The van der Waals surface area contributed by atoms with Crippen molar-refractivity contribution in [1.29, 1.82) is 5.26 Å². The maximum Gasteiger partial charge on any atom is 0.119 e. The van der Waals surface area contributed by atoms with Gasteiger partial charge in [-0.25, -0.2) is 0 Å². The SMILES string of the molecule is COc1ccc(Nc2cnccc2C#N)cc1. The molecular formula is C13H11N3O. The Morgan fingerprint density at radius 1 is 1.24 bits per heavy atom. The van der Waals surface area contributed by atoms with Crippen LogP contribution in [0.3, 0.4) is 0 Å². The molecule has 1 aromatic carbocycles. The van der Waals surface area contributed by atoms with Crippen LogP contribution in [0.4, 0.5) is 11.4 Å². The fourth-order valence-corrected chi connectivity index (χ4v) is 1.42. The fourth-order valence-electron chi connectivity index (χ4n) is 1.42. The van der Waals surface area contributed by atoms with Crippen LogP contribution in [0.15, 0.2) is 42.7 Å². The van der Waals surface area contributed by atoms with Gasteiger partial charge in [0, 0.05) is 11.9 Å². The molecule has 1 heterocycles. The molecule has 1 N–H and O–H groups in total. The van der Waals surface area contributed by atoms with E-state index in [0.717, 1.165) is 11.4 Å². The van der Waals surface area contributed by atoms with E-state index in [0.29, 0.717) is 11.3 Å². The summed E-state index contributed by atoms with van der Waals surface area (Å²) in [6.07, 6.45) is 3.22. The van der Waals surface area contributed by atoms with Crippen LogP contribution >= 0.6 is 0 Å². The van der Waals surface area contributed by atoms with E-state index in [2.05, 4.69) is 16.4 Å². The highest BCUT2D eigenvalue weighted by atomic mass is 16.5. The maximum atomic E-state index is 8.94. The molecule has 0 unspecified atom stereocenters. The van der Waals surface area contributed by atoms with Gasteiger partial charge in [-0.2, -0.15) is 5.26 Å². The topological polar surface area (TPSA) is 57.9 Å². The smallest absolute Gasteiger partial charge is 0.119 e. The van der Waals surface area contributed by atoms with Crippen LogP contribution in [0.25, 0.3) is 0 Å². The van der Waals surface area contributed by atoms with Gasteiger partial charge in [0.1, 0.15) is 11.8 Å². The van der Waals surface area contributed by atoms with Crippen molar-refractivity contribution >= 4 is 11.4 Å². The molecule has 4 nitrogen and oxygen atoms in total. The number of benzene rings is 1. The summed E-state index contributed by atoms with van der Waals surface area (Å²) in [6, 6.07) is 11.3. The van der Waals surface area contributed by atoms with Crippen molar-refractivity contribution in [2.24, 2.45) is 0 Å². The maximum absolute atomic E-state index is 8.94. The van der Waals surface area contributed by atoms with Crippen molar-refractivity contribution < 1.29 is 4.74 Å². The Balaban J connectivity index is 2.23. The Morgan fingerprint density at radius 3 is 2.65 bits per heavy atom. The molecule has 0 bridgehead atoms. The van der Waals surface area contributed by atoms with E-state index in [1.54, 1.807) is 25.6 Å². The second-order valence-electron chi connectivity index (χ2n) is 3.39. The second kappa shape index (κ2) is 4.99. The van der Waals surface area contributed by atoms with Crippen LogP contribution in [0.1, 0.15) is 5.56 Å². The first kappa shape index (κ1) is 11.0. The Kier molecular flexibility index (Phi) is 3.22. The van der Waals surface area contributed by atoms with Crippen molar-refractivity contribution in [3.63, 3.8) is 0 Å². The van der Waals surface area contributed by atoms with Gasteiger partial charge < -0.3 is 10.1 Å². The molecule has 0 aliphatic carbocycles. The summed E-state index contributed by atoms with van der Waals surface area (Å²) in [7, 11) is 1.62. The van der Waals surface area contributed by atoms with Crippen molar-refractivity contribution in [2.75, 3.05) is 12.4 Å². The number of rotatable bonds is 3. The van der Waals surface area contributed by atoms with Crippen LogP contribution in [0.5, 0.6) is 5.75 Å². The zero-order valence-electron chi connectivity index (χ0n) is 9.34. The van der Waals surface area contributed by atoms with Crippen LogP contribution in [-0.2, 0) is 0 Å². The van der Waals surface area contributed by atoms with Crippen molar-refractivity contribution in [2.45, 2.75) is 0 Å². The molecule has 0 spiro atoms. The average Bonchev–Trinajstić information content (AvgIpc) is 2.40. The highest BCUT2D eigenvalue weighted by Gasteiger charge is 2.01. The van der Waals surface area contributed by atoms with E-state index in [-0.39, 0.29) is 0 Å². The Morgan fingerprint density at radius 2 is 2.00 bits per heavy atom. The predicted octanol–water partition coefficient (Wildman–Crippen LogP) is 2.71. The highest BCUT2D eigenvalue weighted by Crippen LogP contribution is 2.21. The third-order valence-electron chi connectivity index (χ3n) is 2.31. The monoisotopic (exact) mass is 225 g/mol. The number of hydrogen-bond acceptors (Lipinski definition) is 4. The Hall–Kier alpha value is -2.54. The number of hydrogen-bond donors (Lipinski definition) is 1. The summed E-state index contributed by atoms with van der Waals surface area (Å²) >= 11 is 0. The number of anilines is 2. The lowest BCUT2D eigenvalue weighted by Gasteiger charge is -2.07. The minimum Gasteiger partial charge on any atom is -0.497 e. The molecule has 0 fully saturated rings. The molecule has 0 aliphatic rings. The standard InChI is InChI=1S/C13H11N3O/c1-17-12-4-2-11(3-5-12)16-13-9-15-7-6-10(13)8-14/h2-7,9,16H,1H3. The molecule has 0 aliphatic heterocycles. The van der Waals surface area contributed by atoms with Gasteiger partial charge in [0.05, 0.1) is 24.6 Å². The number of pyridine rings is 1. The summed E-state index contributed by atoms with van der Waals surface area (Å²) in [5.41, 5.74) is 2.14. The van der Waals surface area contributed by atoms with Gasteiger partial charge >= 0.3 is 0 Å². The summed E-state index contributed by atoms with van der Waals surface area (Å²) in [5.74, 6) is 0.794. The molecule has 0 saturated heterocycles. The number of nitrogens with one attached hydrogen (secondary N) is 1. The quantitative estimate of drug-likeness (QED) is 0.872. The predicted molar refractivity (Wildman–Crippen MR) is 65.2 cm³/mol. The molecule has 4 heteroatoms. The molecule has 0 saturated carbocycles. The molecular weight excluding hydrogens is 214 g/mol. The normalized spacial score (nSPS) is 9.41. The fraction of sp³-hybridized carbons (Fsp3) is 0.0769. The summed E-state index contributed by atoms with van der Waals surface area (Å²) < 4.78 is 5.07. The molecule has 2 rings (SSSR count). The van der Waals surface area contributed by atoms with Crippen LogP contribution in [0, 0.1) is 11.3 Å². The van der Waals surface area contributed by atoms with Crippen LogP contribution < -0.4 is 10.1 Å². The summed E-state index contributed by atoms with van der Waals surface area (Å²) in [5, 5.41) is 12.1. The summed E-state index contributed by atoms with van der Waals surface area (Å²) in [4.78, 5) is 3.98. The minimum absolute atomic E-state index is 0.566. The van der Waals surface area contributed by atoms with E-state index in [1.807, 2.05) is 24.3 Å². The molecule has 84 valence electrons. The molecule has 0 radical (unpaired) electrons. The summed E-state index contributed by atoms with van der Waals surface area (Å²) in [6.45, 7) is 0. The van der Waals surface area contributed by atoms with E-state index in [4.69, 9.17) is 10.00 Å². The third-order valence-corrected chi connectivity index (χ3v) is 2.31. The first-order chi connectivity index (χ1) is 8.33. The van der Waals surface area contributed by atoms with Crippen molar-refractivity contribution in [1.82, 2.24) is 4.98 Å². The van der Waals surface area contributed by atoms with Gasteiger partial charge in [-0.05, 0) is 30.3 Å². The lowest BCUT2D eigenvalue weighted by atomic mass is 10.2. The number of aromatic nitrogens is 1. The zero-order chi connectivity index (χ0) is 12.1. The number of methoxy groups -OCH3 is 1. The Labute approximate surface area is 99.5 Å². The molecule has 1 aromatic heterocycles. The molecule has 2 aromatic rings. The van der Waals surface area contributed by atoms with Gasteiger partial charge in [-0.15, -0.1) is 0 Å². The van der Waals surface area contributed by atoms with Gasteiger partial charge in [0.15, 0.2) is 0 Å². The first-order valence-electron chi connectivity index (χ1n) is 5.08. The second-order valence-corrected chi connectivity index (χ2v) is 3.39. The average molecular weight is 225 g/mol. The molecule has 0 amide bonds. The van der Waals surface area contributed by atoms with E-state index in [9.17, 15) is 0 Å². The molecule has 17 heavy (non-hydrogen) atoms.